The van der Waals surface area contributed by atoms with E-state index in [0.717, 1.165) is 12.0 Å². The summed E-state index contributed by atoms with van der Waals surface area (Å²) in [5.41, 5.74) is 2.88. The van der Waals surface area contributed by atoms with Crippen molar-refractivity contribution in [2.75, 3.05) is 49.3 Å². The molecular formula is C23H25N5O3. The first-order chi connectivity index (χ1) is 15.2. The Morgan fingerprint density at radius 1 is 0.903 bits per heavy atom. The van der Waals surface area contributed by atoms with Crippen molar-refractivity contribution < 1.29 is 14.9 Å². The maximum absolute atomic E-state index is 10.4. The minimum Gasteiger partial charge on any atom is -0.507 e. The highest BCUT2D eigenvalue weighted by Crippen LogP contribution is 2.34. The Kier molecular flexibility index (Phi) is 5.40. The molecule has 0 amide bonds. The molecule has 160 valence electrons. The number of fused-ring (bicyclic) bond motifs is 1. The minimum absolute atomic E-state index is 0.0402. The van der Waals surface area contributed by atoms with Crippen LogP contribution in [0.4, 0.5) is 11.9 Å². The Balaban J connectivity index is 1.61. The van der Waals surface area contributed by atoms with E-state index in [2.05, 4.69) is 22.0 Å². The van der Waals surface area contributed by atoms with Gasteiger partial charge in [0.05, 0.1) is 31.4 Å². The number of phenols is 1. The van der Waals surface area contributed by atoms with Crippen LogP contribution in [0.5, 0.6) is 5.75 Å². The summed E-state index contributed by atoms with van der Waals surface area (Å²) in [6.07, 6.45) is 0.844. The van der Waals surface area contributed by atoms with Crippen molar-refractivity contribution in [3.8, 4) is 17.1 Å². The molecule has 5 rings (SSSR count). The van der Waals surface area contributed by atoms with E-state index in [0.29, 0.717) is 56.1 Å². The lowest BCUT2D eigenvalue weighted by atomic mass is 9.93. The van der Waals surface area contributed by atoms with Gasteiger partial charge in [0.2, 0.25) is 11.9 Å². The number of ether oxygens (including phenoxy) is 1. The van der Waals surface area contributed by atoms with Gasteiger partial charge in [-0.25, -0.2) is 0 Å². The number of para-hydroxylation sites is 1. The smallest absolute Gasteiger partial charge is 0.231 e. The maximum Gasteiger partial charge on any atom is 0.231 e. The highest BCUT2D eigenvalue weighted by molar-refractivity contribution is 5.65. The maximum atomic E-state index is 10.4. The van der Waals surface area contributed by atoms with Crippen LogP contribution in [-0.4, -0.2) is 64.6 Å². The summed E-state index contributed by atoms with van der Waals surface area (Å²) in [4.78, 5) is 18.3. The van der Waals surface area contributed by atoms with Gasteiger partial charge in [-0.15, -0.1) is 0 Å². The number of hydrogen-bond donors (Lipinski definition) is 2. The molecule has 0 unspecified atom stereocenters. The number of morpholine rings is 1. The fraction of sp³-hybridized carbons (Fsp3) is 0.348. The van der Waals surface area contributed by atoms with Crippen LogP contribution in [0, 0.1) is 0 Å². The number of aliphatic hydroxyl groups excluding tert-OH is 1. The van der Waals surface area contributed by atoms with E-state index in [-0.39, 0.29) is 18.4 Å². The quantitative estimate of drug-likeness (QED) is 0.665. The third-order valence-corrected chi connectivity index (χ3v) is 5.89. The Hall–Kier alpha value is -3.23. The van der Waals surface area contributed by atoms with Crippen LogP contribution in [0.1, 0.15) is 17.2 Å². The number of benzene rings is 2. The van der Waals surface area contributed by atoms with Crippen LogP contribution in [-0.2, 0) is 11.2 Å². The highest BCUT2D eigenvalue weighted by atomic mass is 16.5. The zero-order valence-electron chi connectivity index (χ0n) is 17.2. The molecule has 2 aliphatic heterocycles. The molecule has 1 atom stereocenters. The van der Waals surface area contributed by atoms with Gasteiger partial charge in [-0.1, -0.05) is 36.4 Å². The average Bonchev–Trinajstić information content (AvgIpc) is 2.84. The number of anilines is 2. The van der Waals surface area contributed by atoms with E-state index in [9.17, 15) is 10.2 Å². The van der Waals surface area contributed by atoms with Crippen LogP contribution in [0.25, 0.3) is 11.4 Å². The standard InChI is InChI=1S/C23H25N5O3/c29-15-19-17-6-2-1-5-16(17)9-10-28(19)23-25-21(18-7-3-4-8-20(18)30)24-22(26-23)27-11-13-31-14-12-27/h1-8,19,29-30H,9-15H2/t19-/m1/s1. The number of hydrogen-bond acceptors (Lipinski definition) is 8. The predicted octanol–water partition coefficient (Wildman–Crippen LogP) is 2.18. The van der Waals surface area contributed by atoms with Crippen molar-refractivity contribution >= 4 is 11.9 Å². The summed E-state index contributed by atoms with van der Waals surface area (Å²) in [5, 5.41) is 20.6. The van der Waals surface area contributed by atoms with E-state index in [4.69, 9.17) is 14.7 Å². The molecule has 2 aliphatic rings. The van der Waals surface area contributed by atoms with Gasteiger partial charge >= 0.3 is 0 Å². The second-order valence-electron chi connectivity index (χ2n) is 7.72. The first-order valence-corrected chi connectivity index (χ1v) is 10.6. The van der Waals surface area contributed by atoms with E-state index in [1.807, 2.05) is 23.1 Å². The zero-order chi connectivity index (χ0) is 21.2. The van der Waals surface area contributed by atoms with Gasteiger partial charge in [-0.05, 0) is 29.7 Å². The van der Waals surface area contributed by atoms with E-state index >= 15 is 0 Å². The van der Waals surface area contributed by atoms with E-state index in [1.54, 1.807) is 18.2 Å². The molecule has 2 N–H and O–H groups in total. The number of aromatic nitrogens is 3. The molecule has 1 saturated heterocycles. The second kappa shape index (κ2) is 8.49. The summed E-state index contributed by atoms with van der Waals surface area (Å²) >= 11 is 0. The molecule has 31 heavy (non-hydrogen) atoms. The molecule has 0 aliphatic carbocycles. The van der Waals surface area contributed by atoms with Crippen LogP contribution in [0.2, 0.25) is 0 Å². The lowest BCUT2D eigenvalue weighted by Crippen LogP contribution is -2.40. The first-order valence-electron chi connectivity index (χ1n) is 10.6. The number of phenolic OH excluding ortho intramolecular Hbond substituents is 1. The van der Waals surface area contributed by atoms with Gasteiger partial charge in [-0.2, -0.15) is 15.0 Å². The van der Waals surface area contributed by atoms with Crippen molar-refractivity contribution in [1.29, 1.82) is 0 Å². The van der Waals surface area contributed by atoms with Gasteiger partial charge in [0, 0.05) is 19.6 Å². The summed E-state index contributed by atoms with van der Waals surface area (Å²) in [7, 11) is 0. The van der Waals surface area contributed by atoms with Crippen molar-refractivity contribution in [3.05, 3.63) is 59.7 Å². The number of aromatic hydroxyl groups is 1. The largest absolute Gasteiger partial charge is 0.507 e. The fourth-order valence-corrected chi connectivity index (χ4v) is 4.26. The van der Waals surface area contributed by atoms with Gasteiger partial charge in [0.25, 0.3) is 0 Å². The molecule has 1 aromatic heterocycles. The summed E-state index contributed by atoms with van der Waals surface area (Å²) < 4.78 is 5.48. The molecule has 0 saturated carbocycles. The van der Waals surface area contributed by atoms with Crippen LogP contribution < -0.4 is 9.80 Å². The fourth-order valence-electron chi connectivity index (χ4n) is 4.26. The van der Waals surface area contributed by atoms with Crippen LogP contribution in [0.3, 0.4) is 0 Å². The monoisotopic (exact) mass is 419 g/mol. The van der Waals surface area contributed by atoms with Crippen molar-refractivity contribution in [2.24, 2.45) is 0 Å². The first kappa shape index (κ1) is 19.7. The van der Waals surface area contributed by atoms with Gasteiger partial charge in [0.1, 0.15) is 5.75 Å². The van der Waals surface area contributed by atoms with Gasteiger partial charge in [-0.3, -0.25) is 0 Å². The number of rotatable bonds is 4. The number of aliphatic hydroxyl groups is 1. The van der Waals surface area contributed by atoms with Crippen LogP contribution in [0.15, 0.2) is 48.5 Å². The molecule has 3 heterocycles. The van der Waals surface area contributed by atoms with Crippen LogP contribution >= 0.6 is 0 Å². The molecule has 2 aromatic carbocycles. The lowest BCUT2D eigenvalue weighted by molar-refractivity contribution is 0.122. The Bertz CT molecular complexity index is 1070. The highest BCUT2D eigenvalue weighted by Gasteiger charge is 2.30. The predicted molar refractivity (Wildman–Crippen MR) is 117 cm³/mol. The van der Waals surface area contributed by atoms with E-state index < -0.39 is 0 Å². The second-order valence-corrected chi connectivity index (χ2v) is 7.72. The number of nitrogens with zero attached hydrogens (tertiary/aromatic N) is 5. The molecule has 3 aromatic rings. The molecule has 0 bridgehead atoms. The Morgan fingerprint density at radius 2 is 1.65 bits per heavy atom. The Morgan fingerprint density at radius 3 is 2.45 bits per heavy atom. The lowest BCUT2D eigenvalue weighted by Gasteiger charge is -2.37. The molecule has 1 fully saturated rings. The van der Waals surface area contributed by atoms with Crippen molar-refractivity contribution in [2.45, 2.75) is 12.5 Å². The molecule has 8 heteroatoms. The Labute approximate surface area is 180 Å². The molecule has 0 spiro atoms. The summed E-state index contributed by atoms with van der Waals surface area (Å²) in [5.74, 6) is 1.60. The third kappa shape index (κ3) is 3.80. The van der Waals surface area contributed by atoms with Gasteiger partial charge in [0.15, 0.2) is 5.82 Å². The van der Waals surface area contributed by atoms with Crippen molar-refractivity contribution in [3.63, 3.8) is 0 Å². The minimum atomic E-state index is -0.234. The van der Waals surface area contributed by atoms with E-state index in [1.165, 1.54) is 5.56 Å². The zero-order valence-corrected chi connectivity index (χ0v) is 17.2. The van der Waals surface area contributed by atoms with Gasteiger partial charge < -0.3 is 24.7 Å². The molecule has 8 nitrogen and oxygen atoms in total. The molecular weight excluding hydrogens is 394 g/mol. The SMILES string of the molecule is OC[C@@H]1c2ccccc2CCN1c1nc(-c2ccccc2O)nc(N2CCOCC2)n1. The third-order valence-electron chi connectivity index (χ3n) is 5.89. The van der Waals surface area contributed by atoms with Crippen molar-refractivity contribution in [1.82, 2.24) is 15.0 Å². The molecule has 0 radical (unpaired) electrons. The normalized spacial score (nSPS) is 18.7. The topological polar surface area (TPSA) is 94.8 Å². The summed E-state index contributed by atoms with van der Waals surface area (Å²) in [6, 6.07) is 15.0. The summed E-state index contributed by atoms with van der Waals surface area (Å²) in [6.45, 7) is 3.26. The average molecular weight is 419 g/mol.